The molecule has 78 valence electrons. The second-order valence-electron chi connectivity index (χ2n) is 4.03. The van der Waals surface area contributed by atoms with Gasteiger partial charge in [0.15, 0.2) is 0 Å². The third-order valence-electron chi connectivity index (χ3n) is 3.07. The van der Waals surface area contributed by atoms with Crippen molar-refractivity contribution in [3.8, 4) is 0 Å². The standard InChI is InChI=1S/C9H16N4O/c1-13-5-11-12-9(13)6-2-7(4-10)8(14)3-6/h5-8,14H,2-4,10H2,1H3/t6?,7-,8-/m1/s1. The van der Waals surface area contributed by atoms with E-state index in [4.69, 9.17) is 5.73 Å². The first-order valence-electron chi connectivity index (χ1n) is 4.94. The van der Waals surface area contributed by atoms with Crippen molar-refractivity contribution in [2.75, 3.05) is 6.54 Å². The van der Waals surface area contributed by atoms with E-state index >= 15 is 0 Å². The predicted octanol–water partition coefficient (Wildman–Crippen LogP) is -0.372. The lowest BCUT2D eigenvalue weighted by atomic mass is 10.0. The summed E-state index contributed by atoms with van der Waals surface area (Å²) < 4.78 is 1.91. The topological polar surface area (TPSA) is 77.0 Å². The molecule has 14 heavy (non-hydrogen) atoms. The summed E-state index contributed by atoms with van der Waals surface area (Å²) in [5, 5.41) is 17.6. The summed E-state index contributed by atoms with van der Waals surface area (Å²) in [5.41, 5.74) is 5.58. The molecule has 1 fully saturated rings. The summed E-state index contributed by atoms with van der Waals surface area (Å²) in [4.78, 5) is 0. The first kappa shape index (κ1) is 9.61. The first-order valence-corrected chi connectivity index (χ1v) is 4.94. The Kier molecular flexibility index (Phi) is 2.52. The molecule has 5 nitrogen and oxygen atoms in total. The van der Waals surface area contributed by atoms with Crippen molar-refractivity contribution in [1.29, 1.82) is 0 Å². The summed E-state index contributed by atoms with van der Waals surface area (Å²) in [6.07, 6.45) is 3.09. The van der Waals surface area contributed by atoms with Crippen molar-refractivity contribution in [2.24, 2.45) is 18.7 Å². The first-order chi connectivity index (χ1) is 6.72. The van der Waals surface area contributed by atoms with Crippen molar-refractivity contribution in [3.05, 3.63) is 12.2 Å². The van der Waals surface area contributed by atoms with Gasteiger partial charge in [-0.1, -0.05) is 0 Å². The summed E-state index contributed by atoms with van der Waals surface area (Å²) in [6, 6.07) is 0. The zero-order chi connectivity index (χ0) is 10.1. The van der Waals surface area contributed by atoms with Gasteiger partial charge in [0.2, 0.25) is 0 Å². The molecule has 1 aromatic heterocycles. The molecule has 2 rings (SSSR count). The quantitative estimate of drug-likeness (QED) is 0.676. The van der Waals surface area contributed by atoms with Crippen LogP contribution in [0.5, 0.6) is 0 Å². The minimum atomic E-state index is -0.276. The Labute approximate surface area is 82.9 Å². The molecule has 1 aliphatic carbocycles. The number of nitrogens with two attached hydrogens (primary N) is 1. The third kappa shape index (κ3) is 1.53. The molecule has 1 unspecified atom stereocenters. The third-order valence-corrected chi connectivity index (χ3v) is 3.07. The summed E-state index contributed by atoms with van der Waals surface area (Å²) in [7, 11) is 1.93. The molecule has 1 aliphatic rings. The van der Waals surface area contributed by atoms with Gasteiger partial charge in [-0.05, 0) is 25.3 Å². The lowest BCUT2D eigenvalue weighted by Crippen LogP contribution is -2.21. The molecular formula is C9H16N4O. The van der Waals surface area contributed by atoms with Gasteiger partial charge in [-0.25, -0.2) is 0 Å². The highest BCUT2D eigenvalue weighted by atomic mass is 16.3. The average molecular weight is 196 g/mol. The molecule has 0 radical (unpaired) electrons. The van der Waals surface area contributed by atoms with Crippen molar-refractivity contribution in [2.45, 2.75) is 24.9 Å². The van der Waals surface area contributed by atoms with E-state index in [1.807, 2.05) is 11.6 Å². The molecular weight excluding hydrogens is 180 g/mol. The van der Waals surface area contributed by atoms with Crippen molar-refractivity contribution < 1.29 is 5.11 Å². The number of hydrogen-bond acceptors (Lipinski definition) is 4. The maximum absolute atomic E-state index is 9.71. The zero-order valence-corrected chi connectivity index (χ0v) is 8.30. The number of rotatable bonds is 2. The van der Waals surface area contributed by atoms with Gasteiger partial charge in [0.1, 0.15) is 12.2 Å². The van der Waals surface area contributed by atoms with Crippen molar-refractivity contribution >= 4 is 0 Å². The average Bonchev–Trinajstić information content (AvgIpc) is 2.71. The summed E-state index contributed by atoms with van der Waals surface area (Å²) in [6.45, 7) is 0.551. The normalized spacial score (nSPS) is 32.4. The van der Waals surface area contributed by atoms with E-state index in [0.717, 1.165) is 18.7 Å². The Balaban J connectivity index is 2.12. The highest BCUT2D eigenvalue weighted by molar-refractivity contribution is 5.02. The maximum atomic E-state index is 9.71. The molecule has 0 bridgehead atoms. The van der Waals surface area contributed by atoms with Crippen LogP contribution in [-0.2, 0) is 7.05 Å². The predicted molar refractivity (Wildman–Crippen MR) is 51.5 cm³/mol. The van der Waals surface area contributed by atoms with Crippen molar-refractivity contribution in [1.82, 2.24) is 14.8 Å². The minimum absolute atomic E-state index is 0.219. The second kappa shape index (κ2) is 3.67. The van der Waals surface area contributed by atoms with Crippen LogP contribution in [0.1, 0.15) is 24.6 Å². The molecule has 0 aliphatic heterocycles. The van der Waals surface area contributed by atoms with Gasteiger partial charge >= 0.3 is 0 Å². The molecule has 1 aromatic rings. The van der Waals surface area contributed by atoms with Gasteiger partial charge in [-0.15, -0.1) is 10.2 Å². The van der Waals surface area contributed by atoms with Crippen LogP contribution in [0.15, 0.2) is 6.33 Å². The van der Waals surface area contributed by atoms with Crippen LogP contribution in [0.4, 0.5) is 0 Å². The fourth-order valence-electron chi connectivity index (χ4n) is 2.23. The fraction of sp³-hybridized carbons (Fsp3) is 0.778. The van der Waals surface area contributed by atoms with Gasteiger partial charge in [-0.3, -0.25) is 0 Å². The highest BCUT2D eigenvalue weighted by Gasteiger charge is 2.34. The van der Waals surface area contributed by atoms with E-state index in [9.17, 15) is 5.11 Å². The van der Waals surface area contributed by atoms with E-state index in [1.54, 1.807) is 6.33 Å². The molecule has 1 heterocycles. The largest absolute Gasteiger partial charge is 0.393 e. The molecule has 5 heteroatoms. The highest BCUT2D eigenvalue weighted by Crippen LogP contribution is 2.36. The van der Waals surface area contributed by atoms with Crippen LogP contribution in [0.2, 0.25) is 0 Å². The number of aliphatic hydroxyl groups excluding tert-OH is 1. The van der Waals surface area contributed by atoms with Crippen molar-refractivity contribution in [3.63, 3.8) is 0 Å². The van der Waals surface area contributed by atoms with Gasteiger partial charge in [-0.2, -0.15) is 0 Å². The van der Waals surface area contributed by atoms with Crippen LogP contribution in [0, 0.1) is 5.92 Å². The molecule has 0 saturated heterocycles. The molecule has 1 saturated carbocycles. The zero-order valence-electron chi connectivity index (χ0n) is 8.30. The van der Waals surface area contributed by atoms with Crippen LogP contribution in [-0.4, -0.2) is 32.5 Å². The van der Waals surface area contributed by atoms with Crippen LogP contribution < -0.4 is 5.73 Å². The van der Waals surface area contributed by atoms with Crippen LogP contribution >= 0.6 is 0 Å². The molecule has 3 N–H and O–H groups in total. The maximum Gasteiger partial charge on any atom is 0.135 e. The van der Waals surface area contributed by atoms with E-state index in [-0.39, 0.29) is 12.0 Å². The van der Waals surface area contributed by atoms with Gasteiger partial charge < -0.3 is 15.4 Å². The molecule has 0 spiro atoms. The van der Waals surface area contributed by atoms with Gasteiger partial charge in [0, 0.05) is 13.0 Å². The number of aliphatic hydroxyl groups is 1. The summed E-state index contributed by atoms with van der Waals surface area (Å²) in [5.74, 6) is 1.49. The van der Waals surface area contributed by atoms with Gasteiger partial charge in [0.25, 0.3) is 0 Å². The Morgan fingerprint density at radius 1 is 1.64 bits per heavy atom. The van der Waals surface area contributed by atoms with E-state index in [2.05, 4.69) is 10.2 Å². The Hall–Kier alpha value is -0.940. The fourth-order valence-corrected chi connectivity index (χ4v) is 2.23. The summed E-state index contributed by atoms with van der Waals surface area (Å²) >= 11 is 0. The number of aromatic nitrogens is 3. The Bertz CT molecular complexity index is 312. The molecule has 3 atom stereocenters. The van der Waals surface area contributed by atoms with E-state index in [0.29, 0.717) is 12.5 Å². The van der Waals surface area contributed by atoms with E-state index < -0.39 is 0 Å². The van der Waals surface area contributed by atoms with Crippen LogP contribution in [0.25, 0.3) is 0 Å². The smallest absolute Gasteiger partial charge is 0.135 e. The van der Waals surface area contributed by atoms with Gasteiger partial charge in [0.05, 0.1) is 6.10 Å². The lowest BCUT2D eigenvalue weighted by Gasteiger charge is -2.09. The minimum Gasteiger partial charge on any atom is -0.393 e. The number of nitrogens with zero attached hydrogens (tertiary/aromatic N) is 3. The number of aryl methyl sites for hydroxylation is 1. The Morgan fingerprint density at radius 2 is 2.43 bits per heavy atom. The monoisotopic (exact) mass is 196 g/mol. The molecule has 0 amide bonds. The Morgan fingerprint density at radius 3 is 2.93 bits per heavy atom. The number of hydrogen-bond donors (Lipinski definition) is 2. The second-order valence-corrected chi connectivity index (χ2v) is 4.03. The van der Waals surface area contributed by atoms with E-state index in [1.165, 1.54) is 0 Å². The SMILES string of the molecule is Cn1cnnc1C1C[C@H](CN)[C@H](O)C1. The lowest BCUT2D eigenvalue weighted by molar-refractivity contribution is 0.136. The van der Waals surface area contributed by atoms with Crippen LogP contribution in [0.3, 0.4) is 0 Å². The molecule has 0 aromatic carbocycles.